The van der Waals surface area contributed by atoms with E-state index in [1.807, 2.05) is 60.7 Å². The van der Waals surface area contributed by atoms with Gasteiger partial charge in [-0.2, -0.15) is 0 Å². The second-order valence-electron chi connectivity index (χ2n) is 7.53. The standard InChI is InChI=1S/C26H25N3O2/c1-30-25-12-6-5-11-23(25)24-19-29(26-27-17-7-8-18-28(24)26)20-13-15-22(16-14-20)31-21-9-3-2-4-10-21/h2-6,9-16,19H,7-8,17-18H2,1H3. The van der Waals surface area contributed by atoms with Crippen molar-refractivity contribution < 1.29 is 9.47 Å². The van der Waals surface area contributed by atoms with Gasteiger partial charge in [0.25, 0.3) is 0 Å². The van der Waals surface area contributed by atoms with Crippen molar-refractivity contribution in [2.24, 2.45) is 4.99 Å². The number of anilines is 1. The van der Waals surface area contributed by atoms with E-state index < -0.39 is 0 Å². The van der Waals surface area contributed by atoms with Crippen molar-refractivity contribution in [1.29, 1.82) is 0 Å². The molecule has 0 saturated heterocycles. The van der Waals surface area contributed by atoms with Gasteiger partial charge in [-0.1, -0.05) is 30.3 Å². The number of para-hydroxylation sites is 2. The number of aliphatic imine (C=N–C) groups is 1. The number of benzene rings is 3. The van der Waals surface area contributed by atoms with Crippen molar-refractivity contribution in [1.82, 2.24) is 4.90 Å². The molecular weight excluding hydrogens is 386 g/mol. The van der Waals surface area contributed by atoms with E-state index in [0.29, 0.717) is 0 Å². The smallest absolute Gasteiger partial charge is 0.210 e. The fourth-order valence-electron chi connectivity index (χ4n) is 3.99. The van der Waals surface area contributed by atoms with Gasteiger partial charge in [-0.05, 0) is 61.4 Å². The first kappa shape index (κ1) is 19.2. The predicted molar refractivity (Wildman–Crippen MR) is 125 cm³/mol. The molecule has 2 aliphatic rings. The second-order valence-corrected chi connectivity index (χ2v) is 7.53. The highest BCUT2D eigenvalue weighted by molar-refractivity contribution is 6.08. The Labute approximate surface area is 182 Å². The van der Waals surface area contributed by atoms with Gasteiger partial charge in [-0.3, -0.25) is 9.89 Å². The van der Waals surface area contributed by atoms with Crippen LogP contribution in [0.4, 0.5) is 5.69 Å². The third-order valence-corrected chi connectivity index (χ3v) is 5.52. The van der Waals surface area contributed by atoms with Gasteiger partial charge in [0, 0.05) is 30.5 Å². The van der Waals surface area contributed by atoms with E-state index >= 15 is 0 Å². The molecule has 0 unspecified atom stereocenters. The van der Waals surface area contributed by atoms with Crippen molar-refractivity contribution in [3.8, 4) is 17.2 Å². The third kappa shape index (κ3) is 3.87. The summed E-state index contributed by atoms with van der Waals surface area (Å²) >= 11 is 0. The zero-order valence-corrected chi connectivity index (χ0v) is 17.6. The van der Waals surface area contributed by atoms with E-state index in [-0.39, 0.29) is 0 Å². The van der Waals surface area contributed by atoms with Gasteiger partial charge in [0.1, 0.15) is 17.2 Å². The van der Waals surface area contributed by atoms with Crippen molar-refractivity contribution in [2.75, 3.05) is 25.1 Å². The first-order valence-corrected chi connectivity index (χ1v) is 10.6. The average Bonchev–Trinajstić information content (AvgIpc) is 3.00. The van der Waals surface area contributed by atoms with Gasteiger partial charge in [-0.15, -0.1) is 0 Å². The number of ether oxygens (including phenoxy) is 2. The summed E-state index contributed by atoms with van der Waals surface area (Å²) in [4.78, 5) is 9.38. The monoisotopic (exact) mass is 411 g/mol. The van der Waals surface area contributed by atoms with Crippen molar-refractivity contribution in [3.05, 3.63) is 90.6 Å². The van der Waals surface area contributed by atoms with Crippen LogP contribution in [0.15, 0.2) is 90.1 Å². The van der Waals surface area contributed by atoms with Gasteiger partial charge in [0.05, 0.1) is 12.8 Å². The summed E-state index contributed by atoms with van der Waals surface area (Å²) in [5, 5.41) is 0. The Kier molecular flexibility index (Phi) is 5.31. The van der Waals surface area contributed by atoms with E-state index in [9.17, 15) is 0 Å². The summed E-state index contributed by atoms with van der Waals surface area (Å²) in [6.45, 7) is 1.78. The van der Waals surface area contributed by atoms with Crippen LogP contribution in [0.5, 0.6) is 17.2 Å². The van der Waals surface area contributed by atoms with E-state index in [0.717, 1.165) is 66.1 Å². The molecule has 0 aliphatic carbocycles. The molecule has 5 heteroatoms. The third-order valence-electron chi connectivity index (χ3n) is 5.52. The Balaban J connectivity index is 1.48. The molecule has 3 aromatic carbocycles. The number of methoxy groups -OCH3 is 1. The van der Waals surface area contributed by atoms with Crippen LogP contribution in [-0.2, 0) is 0 Å². The second kappa shape index (κ2) is 8.56. The molecule has 0 spiro atoms. The largest absolute Gasteiger partial charge is 0.496 e. The van der Waals surface area contributed by atoms with E-state index in [4.69, 9.17) is 14.5 Å². The molecule has 0 N–H and O–H groups in total. The van der Waals surface area contributed by atoms with Crippen molar-refractivity contribution in [2.45, 2.75) is 12.8 Å². The molecule has 0 radical (unpaired) electrons. The number of hydrogen-bond donors (Lipinski definition) is 0. The molecule has 156 valence electrons. The molecule has 5 nitrogen and oxygen atoms in total. The van der Waals surface area contributed by atoms with Gasteiger partial charge < -0.3 is 14.4 Å². The minimum Gasteiger partial charge on any atom is -0.496 e. The quantitative estimate of drug-likeness (QED) is 0.535. The maximum atomic E-state index is 5.95. The number of hydrogen-bond acceptors (Lipinski definition) is 5. The summed E-state index contributed by atoms with van der Waals surface area (Å²) in [5.41, 5.74) is 3.24. The van der Waals surface area contributed by atoms with Gasteiger partial charge >= 0.3 is 0 Å². The first-order chi connectivity index (χ1) is 15.3. The van der Waals surface area contributed by atoms with Crippen LogP contribution in [0, 0.1) is 0 Å². The maximum absolute atomic E-state index is 5.95. The zero-order valence-electron chi connectivity index (χ0n) is 17.6. The molecule has 3 aromatic rings. The highest BCUT2D eigenvalue weighted by Gasteiger charge is 2.32. The molecule has 0 atom stereocenters. The van der Waals surface area contributed by atoms with Crippen molar-refractivity contribution >= 4 is 17.3 Å². The molecule has 0 bridgehead atoms. The van der Waals surface area contributed by atoms with Crippen LogP contribution in [0.1, 0.15) is 18.4 Å². The number of guanidine groups is 1. The average molecular weight is 412 g/mol. The molecule has 0 aromatic heterocycles. The SMILES string of the molecule is COc1ccccc1C1=CN(c2ccc(Oc3ccccc3)cc2)C2=NCCCCN12. The van der Waals surface area contributed by atoms with Crippen LogP contribution < -0.4 is 14.4 Å². The van der Waals surface area contributed by atoms with Gasteiger partial charge in [0.15, 0.2) is 0 Å². The fourth-order valence-corrected chi connectivity index (χ4v) is 3.99. The highest BCUT2D eigenvalue weighted by atomic mass is 16.5. The number of fused-ring (bicyclic) bond motifs is 1. The molecular formula is C26H25N3O2. The van der Waals surface area contributed by atoms with Crippen LogP contribution in [0.3, 0.4) is 0 Å². The minimum atomic E-state index is 0.808. The van der Waals surface area contributed by atoms with Crippen LogP contribution in [0.25, 0.3) is 5.70 Å². The zero-order chi connectivity index (χ0) is 21.0. The van der Waals surface area contributed by atoms with Crippen LogP contribution in [0.2, 0.25) is 0 Å². The minimum absolute atomic E-state index is 0.808. The summed E-state index contributed by atoms with van der Waals surface area (Å²) in [6, 6.07) is 26.1. The predicted octanol–water partition coefficient (Wildman–Crippen LogP) is 5.76. The van der Waals surface area contributed by atoms with Gasteiger partial charge in [0.2, 0.25) is 5.96 Å². The molecule has 5 rings (SSSR count). The Morgan fingerprint density at radius 3 is 2.35 bits per heavy atom. The van der Waals surface area contributed by atoms with Crippen LogP contribution in [-0.4, -0.2) is 31.1 Å². The molecule has 31 heavy (non-hydrogen) atoms. The molecule has 0 fully saturated rings. The normalized spacial score (nSPS) is 15.6. The lowest BCUT2D eigenvalue weighted by molar-refractivity contribution is 0.412. The Morgan fingerprint density at radius 2 is 1.55 bits per heavy atom. The highest BCUT2D eigenvalue weighted by Crippen LogP contribution is 2.37. The van der Waals surface area contributed by atoms with Gasteiger partial charge in [-0.25, -0.2) is 0 Å². The van der Waals surface area contributed by atoms with Crippen molar-refractivity contribution in [3.63, 3.8) is 0 Å². The first-order valence-electron chi connectivity index (χ1n) is 10.6. The topological polar surface area (TPSA) is 37.3 Å². The van der Waals surface area contributed by atoms with Crippen LogP contribution >= 0.6 is 0 Å². The lowest BCUT2D eigenvalue weighted by Crippen LogP contribution is -2.34. The summed E-state index contributed by atoms with van der Waals surface area (Å²) in [6.07, 6.45) is 4.36. The number of rotatable bonds is 5. The lowest BCUT2D eigenvalue weighted by atomic mass is 10.1. The summed E-state index contributed by atoms with van der Waals surface area (Å²) < 4.78 is 11.6. The molecule has 0 amide bonds. The Bertz CT molecular complexity index is 1110. The molecule has 0 saturated carbocycles. The summed E-state index contributed by atoms with van der Waals surface area (Å²) in [7, 11) is 1.72. The molecule has 2 heterocycles. The lowest BCUT2D eigenvalue weighted by Gasteiger charge is -2.25. The molecule has 2 aliphatic heterocycles. The Hall–Kier alpha value is -3.73. The fraction of sp³-hybridized carbons (Fsp3) is 0.192. The van der Waals surface area contributed by atoms with E-state index in [1.165, 1.54) is 0 Å². The van der Waals surface area contributed by atoms with E-state index in [1.54, 1.807) is 7.11 Å². The maximum Gasteiger partial charge on any atom is 0.210 e. The number of nitrogens with zero attached hydrogens (tertiary/aromatic N) is 3. The summed E-state index contributed by atoms with van der Waals surface area (Å²) in [5.74, 6) is 3.47. The van der Waals surface area contributed by atoms with E-state index in [2.05, 4.69) is 34.2 Å². The Morgan fingerprint density at radius 1 is 0.806 bits per heavy atom.